The summed E-state index contributed by atoms with van der Waals surface area (Å²) in [5, 5.41) is 5.69. The minimum atomic E-state index is -0.322. The van der Waals surface area contributed by atoms with Gasteiger partial charge in [-0.15, -0.1) is 0 Å². The number of urea groups is 1. The first-order chi connectivity index (χ1) is 15.7. The molecular formula is C24H25N5O3. The molecule has 0 saturated heterocycles. The minimum Gasteiger partial charge on any atom is -0.497 e. The van der Waals surface area contributed by atoms with Crippen molar-refractivity contribution in [2.45, 2.75) is 13.0 Å². The molecule has 4 aromatic rings. The SMILES string of the molecule is COc1ccc(NC(=O)NCCc2nc3cccnc3n2Cc2ccccc2)c(OC)c1. The Hall–Kier alpha value is -4.07. The van der Waals surface area contributed by atoms with Crippen LogP contribution in [0.25, 0.3) is 11.2 Å². The summed E-state index contributed by atoms with van der Waals surface area (Å²) in [6.45, 7) is 1.08. The van der Waals surface area contributed by atoms with E-state index < -0.39 is 0 Å². The van der Waals surface area contributed by atoms with Crippen molar-refractivity contribution >= 4 is 22.9 Å². The Morgan fingerprint density at radius 1 is 1.03 bits per heavy atom. The Morgan fingerprint density at radius 3 is 2.66 bits per heavy atom. The molecule has 0 unspecified atom stereocenters. The van der Waals surface area contributed by atoms with Gasteiger partial charge in [0, 0.05) is 25.2 Å². The Labute approximate surface area is 186 Å². The Balaban J connectivity index is 1.43. The average Bonchev–Trinajstić information content (AvgIpc) is 3.17. The van der Waals surface area contributed by atoms with Crippen molar-refractivity contribution in [1.82, 2.24) is 19.9 Å². The van der Waals surface area contributed by atoms with Crippen molar-refractivity contribution in [1.29, 1.82) is 0 Å². The first kappa shape index (κ1) is 21.2. The van der Waals surface area contributed by atoms with E-state index in [4.69, 9.17) is 14.5 Å². The number of pyridine rings is 1. The molecule has 0 radical (unpaired) electrons. The smallest absolute Gasteiger partial charge is 0.319 e. The van der Waals surface area contributed by atoms with E-state index in [1.54, 1.807) is 38.6 Å². The van der Waals surface area contributed by atoms with Gasteiger partial charge in [0.1, 0.15) is 22.8 Å². The maximum atomic E-state index is 12.4. The van der Waals surface area contributed by atoms with Crippen LogP contribution < -0.4 is 20.1 Å². The summed E-state index contributed by atoms with van der Waals surface area (Å²) in [7, 11) is 3.12. The van der Waals surface area contributed by atoms with Gasteiger partial charge in [-0.05, 0) is 29.8 Å². The van der Waals surface area contributed by atoms with Crippen molar-refractivity contribution in [3.63, 3.8) is 0 Å². The monoisotopic (exact) mass is 431 g/mol. The third-order valence-electron chi connectivity index (χ3n) is 5.06. The van der Waals surface area contributed by atoms with Crippen molar-refractivity contribution in [3.05, 3.63) is 78.2 Å². The molecule has 0 atom stereocenters. The molecule has 0 aliphatic carbocycles. The van der Waals surface area contributed by atoms with Crippen molar-refractivity contribution < 1.29 is 14.3 Å². The molecule has 8 heteroatoms. The van der Waals surface area contributed by atoms with Gasteiger partial charge in [-0.3, -0.25) is 0 Å². The lowest BCUT2D eigenvalue weighted by atomic mass is 10.2. The third-order valence-corrected chi connectivity index (χ3v) is 5.06. The number of amides is 2. The van der Waals surface area contributed by atoms with Gasteiger partial charge in [0.2, 0.25) is 0 Å². The zero-order chi connectivity index (χ0) is 22.3. The molecule has 0 fully saturated rings. The van der Waals surface area contributed by atoms with E-state index in [1.165, 1.54) is 0 Å². The van der Waals surface area contributed by atoms with Crippen molar-refractivity contribution in [2.24, 2.45) is 0 Å². The maximum absolute atomic E-state index is 12.4. The number of nitrogens with one attached hydrogen (secondary N) is 2. The maximum Gasteiger partial charge on any atom is 0.319 e. The van der Waals surface area contributed by atoms with E-state index in [0.717, 1.165) is 22.6 Å². The first-order valence-corrected chi connectivity index (χ1v) is 10.3. The Kier molecular flexibility index (Phi) is 6.50. The number of benzene rings is 2. The molecule has 0 spiro atoms. The van der Waals surface area contributed by atoms with E-state index >= 15 is 0 Å². The number of carbonyl (C=O) groups is 1. The van der Waals surface area contributed by atoms with Gasteiger partial charge in [-0.1, -0.05) is 30.3 Å². The number of methoxy groups -OCH3 is 2. The van der Waals surface area contributed by atoms with Crippen LogP contribution in [0.5, 0.6) is 11.5 Å². The summed E-state index contributed by atoms with van der Waals surface area (Å²) in [5.41, 5.74) is 3.40. The molecule has 8 nitrogen and oxygen atoms in total. The van der Waals surface area contributed by atoms with Gasteiger partial charge in [-0.25, -0.2) is 14.8 Å². The van der Waals surface area contributed by atoms with Crippen LogP contribution in [0.3, 0.4) is 0 Å². The largest absolute Gasteiger partial charge is 0.497 e. The second kappa shape index (κ2) is 9.82. The fourth-order valence-corrected chi connectivity index (χ4v) is 3.48. The molecule has 164 valence electrons. The van der Waals surface area contributed by atoms with Gasteiger partial charge < -0.3 is 24.7 Å². The molecule has 0 aliphatic rings. The normalized spacial score (nSPS) is 10.7. The molecule has 2 N–H and O–H groups in total. The van der Waals surface area contributed by atoms with E-state index in [0.29, 0.717) is 36.7 Å². The first-order valence-electron chi connectivity index (χ1n) is 10.3. The molecule has 2 aromatic heterocycles. The molecule has 32 heavy (non-hydrogen) atoms. The van der Waals surface area contributed by atoms with Crippen molar-refractivity contribution in [3.8, 4) is 11.5 Å². The second-order valence-corrected chi connectivity index (χ2v) is 7.14. The Morgan fingerprint density at radius 2 is 1.88 bits per heavy atom. The number of nitrogens with zero attached hydrogens (tertiary/aromatic N) is 3. The molecule has 0 bridgehead atoms. The molecule has 0 aliphatic heterocycles. The van der Waals surface area contributed by atoms with Crippen LogP contribution in [0.1, 0.15) is 11.4 Å². The highest BCUT2D eigenvalue weighted by molar-refractivity contribution is 5.91. The van der Waals surface area contributed by atoms with Crippen LogP contribution in [-0.2, 0) is 13.0 Å². The van der Waals surface area contributed by atoms with Crippen molar-refractivity contribution in [2.75, 3.05) is 26.1 Å². The second-order valence-electron chi connectivity index (χ2n) is 7.14. The zero-order valence-electron chi connectivity index (χ0n) is 18.0. The average molecular weight is 431 g/mol. The summed E-state index contributed by atoms with van der Waals surface area (Å²) >= 11 is 0. The molecule has 2 amide bonds. The lowest BCUT2D eigenvalue weighted by Gasteiger charge is -2.13. The van der Waals surface area contributed by atoms with Crippen LogP contribution in [0.4, 0.5) is 10.5 Å². The quantitative estimate of drug-likeness (QED) is 0.442. The summed E-state index contributed by atoms with van der Waals surface area (Å²) in [6, 6.07) is 18.9. The van der Waals surface area contributed by atoms with E-state index in [-0.39, 0.29) is 6.03 Å². The van der Waals surface area contributed by atoms with Gasteiger partial charge in [-0.2, -0.15) is 0 Å². The minimum absolute atomic E-state index is 0.322. The van der Waals surface area contributed by atoms with Crippen LogP contribution in [-0.4, -0.2) is 41.3 Å². The van der Waals surface area contributed by atoms with E-state index in [2.05, 4.69) is 32.3 Å². The highest BCUT2D eigenvalue weighted by Gasteiger charge is 2.13. The molecule has 4 rings (SSSR count). The molecule has 2 aromatic carbocycles. The number of hydrogen-bond acceptors (Lipinski definition) is 5. The lowest BCUT2D eigenvalue weighted by Crippen LogP contribution is -2.31. The van der Waals surface area contributed by atoms with Crippen LogP contribution in [0, 0.1) is 0 Å². The number of carbonyl (C=O) groups excluding carboxylic acids is 1. The fourth-order valence-electron chi connectivity index (χ4n) is 3.48. The molecule has 2 heterocycles. The topological polar surface area (TPSA) is 90.3 Å². The number of anilines is 1. The third kappa shape index (κ3) is 4.80. The van der Waals surface area contributed by atoms with Crippen LogP contribution >= 0.6 is 0 Å². The molecule has 0 saturated carbocycles. The number of imidazole rings is 1. The number of hydrogen-bond donors (Lipinski definition) is 2. The number of ether oxygens (including phenoxy) is 2. The van der Waals surface area contributed by atoms with E-state index in [9.17, 15) is 4.79 Å². The number of aromatic nitrogens is 3. The van der Waals surface area contributed by atoms with Gasteiger partial charge in [0.25, 0.3) is 0 Å². The number of fused-ring (bicyclic) bond motifs is 1. The highest BCUT2D eigenvalue weighted by Crippen LogP contribution is 2.28. The summed E-state index contributed by atoms with van der Waals surface area (Å²) in [5.74, 6) is 2.04. The fraction of sp³-hybridized carbons (Fsp3) is 0.208. The summed E-state index contributed by atoms with van der Waals surface area (Å²) in [6.07, 6.45) is 2.33. The van der Waals surface area contributed by atoms with Crippen LogP contribution in [0.15, 0.2) is 66.9 Å². The van der Waals surface area contributed by atoms with Gasteiger partial charge in [0.05, 0.1) is 26.5 Å². The van der Waals surface area contributed by atoms with Gasteiger partial charge >= 0.3 is 6.03 Å². The van der Waals surface area contributed by atoms with E-state index in [1.807, 2.05) is 30.3 Å². The highest BCUT2D eigenvalue weighted by atomic mass is 16.5. The Bertz CT molecular complexity index is 1210. The lowest BCUT2D eigenvalue weighted by molar-refractivity contribution is 0.252. The molecular weight excluding hydrogens is 406 g/mol. The van der Waals surface area contributed by atoms with Gasteiger partial charge in [0.15, 0.2) is 5.65 Å². The summed E-state index contributed by atoms with van der Waals surface area (Å²) in [4.78, 5) is 21.7. The standard InChI is InChI=1S/C24H25N5O3/c1-31-18-10-11-19(21(15-18)32-2)28-24(30)26-14-12-22-27-20-9-6-13-25-23(20)29(22)16-17-7-4-3-5-8-17/h3-11,13,15H,12,14,16H2,1-2H3,(H2,26,28,30). The predicted octanol–water partition coefficient (Wildman–Crippen LogP) is 3.86. The summed E-state index contributed by atoms with van der Waals surface area (Å²) < 4.78 is 12.6. The zero-order valence-corrected chi connectivity index (χ0v) is 18.0. The van der Waals surface area contributed by atoms with Crippen LogP contribution in [0.2, 0.25) is 0 Å². The predicted molar refractivity (Wildman–Crippen MR) is 123 cm³/mol. The number of rotatable bonds is 8.